The van der Waals surface area contributed by atoms with Gasteiger partial charge in [0, 0.05) is 6.07 Å². The van der Waals surface area contributed by atoms with Crippen molar-refractivity contribution >= 4 is 5.97 Å². The smallest absolute Gasteiger partial charge is 0.435 e. The predicted octanol–water partition coefficient (Wildman–Crippen LogP) is 5.39. The van der Waals surface area contributed by atoms with E-state index in [1.807, 2.05) is 0 Å². The number of halogens is 3. The molecule has 0 saturated carbocycles. The van der Waals surface area contributed by atoms with E-state index in [9.17, 15) is 23.1 Å². The molecular weight excluding hydrogens is 437 g/mol. The molecule has 0 fully saturated rings. The van der Waals surface area contributed by atoms with Gasteiger partial charge in [0.2, 0.25) is 0 Å². The zero-order valence-electron chi connectivity index (χ0n) is 17.0. The number of carbonyl (C=O) groups excluding carboxylic acids is 1. The first-order valence-electron chi connectivity index (χ1n) is 9.76. The van der Waals surface area contributed by atoms with Crippen LogP contribution in [0.4, 0.5) is 13.2 Å². The molecule has 1 aromatic heterocycles. The topological polar surface area (TPSA) is 73.6 Å². The molecule has 0 spiro atoms. The van der Waals surface area contributed by atoms with Gasteiger partial charge in [0.1, 0.15) is 29.5 Å². The largest absolute Gasteiger partial charge is 0.506 e. The molecule has 0 unspecified atom stereocenters. The fourth-order valence-electron chi connectivity index (χ4n) is 3.04. The Hall–Kier alpha value is -4.27. The SMILES string of the molecule is O=C(Oc1cccc(OCc2cc(C(F)(F)F)nn2-c2ccccc2O)c1)c1ccccc1. The van der Waals surface area contributed by atoms with Gasteiger partial charge in [-0.15, -0.1) is 0 Å². The number of nitrogens with zero attached hydrogens (tertiary/aromatic N) is 2. The van der Waals surface area contributed by atoms with Crippen LogP contribution in [0, 0.1) is 0 Å². The molecular formula is C24H17F3N2O4. The molecule has 9 heteroatoms. The predicted molar refractivity (Wildman–Crippen MR) is 112 cm³/mol. The van der Waals surface area contributed by atoms with E-state index in [-0.39, 0.29) is 35.2 Å². The number of rotatable bonds is 6. The van der Waals surface area contributed by atoms with E-state index >= 15 is 0 Å². The lowest BCUT2D eigenvalue weighted by molar-refractivity contribution is -0.141. The molecule has 0 amide bonds. The number of ether oxygens (including phenoxy) is 2. The molecule has 0 aliphatic carbocycles. The number of phenolic OH excluding ortho intramolecular Hbond substituents is 1. The molecule has 3 aromatic carbocycles. The van der Waals surface area contributed by atoms with Crippen LogP contribution in [0.3, 0.4) is 0 Å². The van der Waals surface area contributed by atoms with E-state index in [4.69, 9.17) is 9.47 Å². The second-order valence-corrected chi connectivity index (χ2v) is 6.94. The summed E-state index contributed by atoms with van der Waals surface area (Å²) in [7, 11) is 0. The summed E-state index contributed by atoms with van der Waals surface area (Å²) in [6, 6.07) is 21.3. The van der Waals surface area contributed by atoms with Crippen molar-refractivity contribution in [1.29, 1.82) is 0 Å². The lowest BCUT2D eigenvalue weighted by Gasteiger charge is -2.11. The molecule has 33 heavy (non-hydrogen) atoms. The number of aromatic hydroxyl groups is 1. The Morgan fingerprint density at radius 3 is 2.33 bits per heavy atom. The normalized spacial score (nSPS) is 11.2. The molecule has 168 valence electrons. The van der Waals surface area contributed by atoms with Crippen molar-refractivity contribution in [1.82, 2.24) is 9.78 Å². The average Bonchev–Trinajstić information content (AvgIpc) is 3.23. The van der Waals surface area contributed by atoms with Gasteiger partial charge in [-0.05, 0) is 42.5 Å². The maximum Gasteiger partial charge on any atom is 0.435 e. The van der Waals surface area contributed by atoms with Crippen LogP contribution < -0.4 is 9.47 Å². The van der Waals surface area contributed by atoms with Crippen molar-refractivity contribution < 1.29 is 32.5 Å². The Kier molecular flexibility index (Phi) is 6.03. The fourth-order valence-corrected chi connectivity index (χ4v) is 3.04. The van der Waals surface area contributed by atoms with Gasteiger partial charge in [0.15, 0.2) is 5.69 Å². The standard InChI is InChI=1S/C24H17F3N2O4/c25-24(26,27)22-13-17(29(28-22)20-11-4-5-12-21(20)30)15-32-18-9-6-10-19(14-18)33-23(31)16-7-2-1-3-8-16/h1-14,30H,15H2. The number of hydrogen-bond acceptors (Lipinski definition) is 5. The summed E-state index contributed by atoms with van der Waals surface area (Å²) in [5, 5.41) is 13.7. The van der Waals surface area contributed by atoms with Crippen LogP contribution >= 0.6 is 0 Å². The number of esters is 1. The van der Waals surface area contributed by atoms with E-state index in [2.05, 4.69) is 5.10 Å². The van der Waals surface area contributed by atoms with E-state index in [1.54, 1.807) is 60.7 Å². The number of para-hydroxylation sites is 2. The van der Waals surface area contributed by atoms with E-state index < -0.39 is 17.8 Å². The van der Waals surface area contributed by atoms with Gasteiger partial charge in [0.05, 0.1) is 11.3 Å². The van der Waals surface area contributed by atoms with Gasteiger partial charge < -0.3 is 14.6 Å². The average molecular weight is 454 g/mol. The fraction of sp³-hybridized carbons (Fsp3) is 0.0833. The zero-order valence-corrected chi connectivity index (χ0v) is 17.0. The minimum absolute atomic E-state index is 0.0653. The first-order chi connectivity index (χ1) is 15.8. The molecule has 0 aliphatic rings. The lowest BCUT2D eigenvalue weighted by Crippen LogP contribution is -2.09. The molecule has 4 aromatic rings. The van der Waals surface area contributed by atoms with Crippen molar-refractivity contribution in [2.24, 2.45) is 0 Å². The Morgan fingerprint density at radius 2 is 1.61 bits per heavy atom. The second kappa shape index (κ2) is 9.07. The van der Waals surface area contributed by atoms with Crippen LogP contribution in [0.15, 0.2) is 84.9 Å². The maximum absolute atomic E-state index is 13.2. The molecule has 0 saturated heterocycles. The molecule has 0 atom stereocenters. The Balaban J connectivity index is 1.55. The highest BCUT2D eigenvalue weighted by atomic mass is 19.4. The number of phenols is 1. The third-order valence-electron chi connectivity index (χ3n) is 4.60. The van der Waals surface area contributed by atoms with Gasteiger partial charge in [-0.2, -0.15) is 18.3 Å². The summed E-state index contributed by atoms with van der Waals surface area (Å²) < 4.78 is 51.7. The van der Waals surface area contributed by atoms with Crippen LogP contribution in [0.5, 0.6) is 17.2 Å². The Labute approximate surface area is 186 Å². The lowest BCUT2D eigenvalue weighted by atomic mass is 10.2. The van der Waals surface area contributed by atoms with Crippen molar-refractivity contribution in [3.05, 3.63) is 102 Å². The van der Waals surface area contributed by atoms with Gasteiger partial charge in [-0.1, -0.05) is 36.4 Å². The number of aromatic nitrogens is 2. The maximum atomic E-state index is 13.2. The number of hydrogen-bond donors (Lipinski definition) is 1. The van der Waals surface area contributed by atoms with Crippen molar-refractivity contribution in [3.8, 4) is 22.9 Å². The summed E-state index contributed by atoms with van der Waals surface area (Å²) in [5.74, 6) is -0.302. The Morgan fingerprint density at radius 1 is 0.909 bits per heavy atom. The van der Waals surface area contributed by atoms with Crippen molar-refractivity contribution in [3.63, 3.8) is 0 Å². The third kappa shape index (κ3) is 5.15. The molecule has 0 radical (unpaired) electrons. The first kappa shape index (κ1) is 21.9. The second-order valence-electron chi connectivity index (χ2n) is 6.94. The molecule has 0 aliphatic heterocycles. The van der Waals surface area contributed by atoms with Gasteiger partial charge in [0.25, 0.3) is 0 Å². The van der Waals surface area contributed by atoms with Gasteiger partial charge >= 0.3 is 12.1 Å². The van der Waals surface area contributed by atoms with Crippen LogP contribution in [0.1, 0.15) is 21.7 Å². The van der Waals surface area contributed by atoms with Crippen LogP contribution in [-0.2, 0) is 12.8 Å². The number of alkyl halides is 3. The van der Waals surface area contributed by atoms with Gasteiger partial charge in [-0.25, -0.2) is 9.48 Å². The Bertz CT molecular complexity index is 1270. The summed E-state index contributed by atoms with van der Waals surface area (Å²) in [6.45, 7) is -0.284. The summed E-state index contributed by atoms with van der Waals surface area (Å²) in [4.78, 5) is 12.2. The quantitative estimate of drug-likeness (QED) is 0.312. The number of carbonyl (C=O) groups is 1. The summed E-state index contributed by atoms with van der Waals surface area (Å²) in [6.07, 6.45) is -4.67. The number of benzene rings is 3. The first-order valence-corrected chi connectivity index (χ1v) is 9.76. The van der Waals surface area contributed by atoms with E-state index in [1.165, 1.54) is 18.2 Å². The zero-order chi connectivity index (χ0) is 23.4. The van der Waals surface area contributed by atoms with Crippen molar-refractivity contribution in [2.45, 2.75) is 12.8 Å². The van der Waals surface area contributed by atoms with E-state index in [0.29, 0.717) is 5.56 Å². The van der Waals surface area contributed by atoms with Crippen molar-refractivity contribution in [2.75, 3.05) is 0 Å². The monoisotopic (exact) mass is 454 g/mol. The highest BCUT2D eigenvalue weighted by Gasteiger charge is 2.35. The molecule has 1 N–H and O–H groups in total. The minimum atomic E-state index is -4.67. The van der Waals surface area contributed by atoms with Crippen LogP contribution in [-0.4, -0.2) is 20.9 Å². The minimum Gasteiger partial charge on any atom is -0.506 e. The molecule has 0 bridgehead atoms. The highest BCUT2D eigenvalue weighted by molar-refractivity contribution is 5.91. The highest BCUT2D eigenvalue weighted by Crippen LogP contribution is 2.32. The molecule has 1 heterocycles. The molecule has 6 nitrogen and oxygen atoms in total. The third-order valence-corrected chi connectivity index (χ3v) is 4.60. The van der Waals surface area contributed by atoms with E-state index in [0.717, 1.165) is 10.7 Å². The summed E-state index contributed by atoms with van der Waals surface area (Å²) >= 11 is 0. The molecule has 4 rings (SSSR count). The van der Waals surface area contributed by atoms with Gasteiger partial charge in [-0.3, -0.25) is 0 Å². The van der Waals surface area contributed by atoms with Crippen LogP contribution in [0.25, 0.3) is 5.69 Å². The van der Waals surface area contributed by atoms with Crippen LogP contribution in [0.2, 0.25) is 0 Å². The summed E-state index contributed by atoms with van der Waals surface area (Å²) in [5.41, 5.74) is -0.599.